The van der Waals surface area contributed by atoms with Crippen LogP contribution in [0, 0.1) is 0 Å². The Bertz CT molecular complexity index is 1010. The van der Waals surface area contributed by atoms with E-state index in [0.29, 0.717) is 25.3 Å². The summed E-state index contributed by atoms with van der Waals surface area (Å²) in [6, 6.07) is 5.67. The zero-order valence-corrected chi connectivity index (χ0v) is 17.3. The summed E-state index contributed by atoms with van der Waals surface area (Å²) in [7, 11) is -3.27. The molecule has 1 aromatic carbocycles. The molecule has 0 radical (unpaired) electrons. The Hall–Kier alpha value is -2.52. The van der Waals surface area contributed by atoms with Crippen LogP contribution >= 0.6 is 0 Å². The van der Waals surface area contributed by atoms with Crippen molar-refractivity contribution in [2.75, 3.05) is 12.9 Å². The number of hydrogen-bond donors (Lipinski definition) is 0. The topological polar surface area (TPSA) is 92.7 Å². The third-order valence-electron chi connectivity index (χ3n) is 5.26. The smallest absolute Gasteiger partial charge is 0.257 e. The number of amides is 1. The van der Waals surface area contributed by atoms with Crippen molar-refractivity contribution < 1.29 is 17.9 Å². The molecule has 29 heavy (non-hydrogen) atoms. The Morgan fingerprint density at radius 3 is 2.66 bits per heavy atom. The van der Waals surface area contributed by atoms with E-state index in [1.807, 2.05) is 25.1 Å². The van der Waals surface area contributed by atoms with E-state index in [9.17, 15) is 13.2 Å². The van der Waals surface area contributed by atoms with Crippen molar-refractivity contribution in [2.45, 2.75) is 44.9 Å². The zero-order chi connectivity index (χ0) is 20.6. The number of carbonyl (C=O) groups excluding carboxylic acids is 1. The van der Waals surface area contributed by atoms with E-state index < -0.39 is 10.0 Å². The fourth-order valence-electron chi connectivity index (χ4n) is 3.54. The molecule has 1 fully saturated rings. The second-order valence-corrected chi connectivity index (χ2v) is 9.64. The summed E-state index contributed by atoms with van der Waals surface area (Å²) >= 11 is 0. The summed E-state index contributed by atoms with van der Waals surface area (Å²) < 4.78 is 31.7. The maximum absolute atomic E-state index is 13.0. The fraction of sp³-hybridized carbons (Fsp3) is 0.450. The minimum Gasteiger partial charge on any atom is -0.491 e. The van der Waals surface area contributed by atoms with Crippen molar-refractivity contribution in [1.82, 2.24) is 19.2 Å². The lowest BCUT2D eigenvalue weighted by atomic mass is 10.1. The number of carbonyl (C=O) groups is 1. The van der Waals surface area contributed by atoms with Crippen molar-refractivity contribution >= 4 is 15.9 Å². The quantitative estimate of drug-likeness (QED) is 0.738. The zero-order valence-electron chi connectivity index (χ0n) is 16.5. The molecule has 2 aliphatic rings. The van der Waals surface area contributed by atoms with Crippen molar-refractivity contribution in [3.05, 3.63) is 53.6 Å². The molecule has 0 spiro atoms. The van der Waals surface area contributed by atoms with Gasteiger partial charge in [-0.05, 0) is 37.5 Å². The van der Waals surface area contributed by atoms with Gasteiger partial charge < -0.3 is 9.64 Å². The van der Waals surface area contributed by atoms with Crippen molar-refractivity contribution in [3.63, 3.8) is 0 Å². The third kappa shape index (κ3) is 4.40. The Kier molecular flexibility index (Phi) is 5.26. The van der Waals surface area contributed by atoms with Gasteiger partial charge in [0.05, 0.1) is 24.4 Å². The van der Waals surface area contributed by atoms with E-state index in [2.05, 4.69) is 9.97 Å². The van der Waals surface area contributed by atoms with Crippen molar-refractivity contribution in [3.8, 4) is 5.75 Å². The largest absolute Gasteiger partial charge is 0.491 e. The number of fused-ring (bicyclic) bond motifs is 1. The summed E-state index contributed by atoms with van der Waals surface area (Å²) in [5.41, 5.74) is 2.17. The average molecular weight is 417 g/mol. The van der Waals surface area contributed by atoms with Crippen LogP contribution in [-0.2, 0) is 23.1 Å². The van der Waals surface area contributed by atoms with Gasteiger partial charge in [-0.2, -0.15) is 4.31 Å². The van der Waals surface area contributed by atoms with Gasteiger partial charge in [-0.15, -0.1) is 0 Å². The summed E-state index contributed by atoms with van der Waals surface area (Å²) in [5, 5.41) is 0. The van der Waals surface area contributed by atoms with Gasteiger partial charge in [0.25, 0.3) is 5.91 Å². The lowest BCUT2D eigenvalue weighted by Crippen LogP contribution is -2.40. The number of ether oxygens (including phenoxy) is 1. The van der Waals surface area contributed by atoms with Gasteiger partial charge in [0, 0.05) is 30.5 Å². The first-order valence-electron chi connectivity index (χ1n) is 9.60. The van der Waals surface area contributed by atoms with Gasteiger partial charge in [0.2, 0.25) is 10.0 Å². The maximum atomic E-state index is 13.0. The molecule has 2 heterocycles. The molecular formula is C20H24N4O4S. The normalized spacial score (nSPS) is 19.4. The minimum absolute atomic E-state index is 0.0937. The molecule has 1 amide bonds. The molecule has 0 N–H and O–H groups in total. The lowest BCUT2D eigenvalue weighted by molar-refractivity contribution is 0.0644. The SMILES string of the molecule is C[C@H]1COc2ccc(CN(C3CC3)S(C)(=O)=O)cc2CN1C(=O)c1cncnc1. The monoisotopic (exact) mass is 416 g/mol. The number of rotatable bonds is 5. The molecule has 1 saturated carbocycles. The van der Waals surface area contributed by atoms with Crippen molar-refractivity contribution in [2.24, 2.45) is 0 Å². The number of nitrogens with zero attached hydrogens (tertiary/aromatic N) is 4. The molecule has 0 saturated heterocycles. The standard InChI is InChI=1S/C20H24N4O4S/c1-14-12-28-19-6-3-15(10-24(18-4-5-18)29(2,26)27)7-16(19)11-23(14)20(25)17-8-21-13-22-9-17/h3,6-9,13-14,18H,4-5,10-12H2,1-2H3/t14-/m0/s1. The molecule has 2 aromatic rings. The molecule has 1 aliphatic heterocycles. The average Bonchev–Trinajstić information content (AvgIpc) is 3.54. The first-order chi connectivity index (χ1) is 13.8. The van der Waals surface area contributed by atoms with Gasteiger partial charge in [-0.3, -0.25) is 4.79 Å². The second-order valence-electron chi connectivity index (χ2n) is 7.70. The molecule has 1 atom stereocenters. The Balaban J connectivity index is 1.59. The Labute approximate surface area is 170 Å². The number of benzene rings is 1. The molecule has 9 heteroatoms. The van der Waals surface area contributed by atoms with Gasteiger partial charge in [0.1, 0.15) is 18.7 Å². The van der Waals surface area contributed by atoms with E-state index in [1.54, 1.807) is 9.21 Å². The van der Waals surface area contributed by atoms with Crippen LogP contribution in [0.5, 0.6) is 5.75 Å². The van der Waals surface area contributed by atoms with Crippen molar-refractivity contribution in [1.29, 1.82) is 0 Å². The van der Waals surface area contributed by atoms with Crippen LogP contribution < -0.4 is 4.74 Å². The second kappa shape index (κ2) is 7.72. The molecule has 154 valence electrons. The predicted octanol–water partition coefficient (Wildman–Crippen LogP) is 1.82. The number of hydrogen-bond acceptors (Lipinski definition) is 6. The highest BCUT2D eigenvalue weighted by Crippen LogP contribution is 2.32. The highest BCUT2D eigenvalue weighted by molar-refractivity contribution is 7.88. The van der Waals surface area contributed by atoms with Crippen LogP contribution in [0.15, 0.2) is 36.9 Å². The van der Waals surface area contributed by atoms with Gasteiger partial charge in [-0.25, -0.2) is 18.4 Å². The highest BCUT2D eigenvalue weighted by Gasteiger charge is 2.35. The maximum Gasteiger partial charge on any atom is 0.257 e. The van der Waals surface area contributed by atoms with Crippen LogP contribution in [0.25, 0.3) is 0 Å². The minimum atomic E-state index is -3.27. The first kappa shape index (κ1) is 19.8. The fourth-order valence-corrected chi connectivity index (χ4v) is 4.68. The molecule has 0 unspecified atom stereocenters. The van der Waals surface area contributed by atoms with Crippen LogP contribution in [-0.4, -0.2) is 58.4 Å². The molecule has 8 nitrogen and oxygen atoms in total. The molecule has 0 bridgehead atoms. The van der Waals surface area contributed by atoms with Crippen LogP contribution in [0.2, 0.25) is 0 Å². The molecule has 4 rings (SSSR count). The summed E-state index contributed by atoms with van der Waals surface area (Å²) in [6.07, 6.45) is 7.46. The van der Waals surface area contributed by atoms with E-state index >= 15 is 0 Å². The Morgan fingerprint density at radius 1 is 1.28 bits per heavy atom. The molecular weight excluding hydrogens is 392 g/mol. The highest BCUT2D eigenvalue weighted by atomic mass is 32.2. The first-order valence-corrected chi connectivity index (χ1v) is 11.4. The van der Waals surface area contributed by atoms with E-state index in [-0.39, 0.29) is 18.0 Å². The summed E-state index contributed by atoms with van der Waals surface area (Å²) in [6.45, 7) is 3.02. The summed E-state index contributed by atoms with van der Waals surface area (Å²) in [4.78, 5) is 22.6. The van der Waals surface area contributed by atoms with Gasteiger partial charge in [-0.1, -0.05) is 6.07 Å². The summed E-state index contributed by atoms with van der Waals surface area (Å²) in [5.74, 6) is 0.563. The molecule has 1 aromatic heterocycles. The number of sulfonamides is 1. The van der Waals surface area contributed by atoms with Gasteiger partial charge in [0.15, 0.2) is 0 Å². The van der Waals surface area contributed by atoms with Crippen LogP contribution in [0.4, 0.5) is 0 Å². The number of aromatic nitrogens is 2. The predicted molar refractivity (Wildman–Crippen MR) is 107 cm³/mol. The third-order valence-corrected chi connectivity index (χ3v) is 6.54. The van der Waals surface area contributed by atoms with Gasteiger partial charge >= 0.3 is 0 Å². The van der Waals surface area contributed by atoms with Crippen LogP contribution in [0.1, 0.15) is 41.3 Å². The Morgan fingerprint density at radius 2 is 2.00 bits per heavy atom. The molecule has 1 aliphatic carbocycles. The van der Waals surface area contributed by atoms with E-state index in [4.69, 9.17) is 4.74 Å². The van der Waals surface area contributed by atoms with E-state index in [0.717, 1.165) is 29.7 Å². The van der Waals surface area contributed by atoms with Crippen LogP contribution in [0.3, 0.4) is 0 Å². The van der Waals surface area contributed by atoms with E-state index in [1.165, 1.54) is 25.0 Å². The lowest BCUT2D eigenvalue weighted by Gasteiger charge is -2.26.